The molecule has 1 aromatic heterocycles. The van der Waals surface area contributed by atoms with Gasteiger partial charge in [0.15, 0.2) is 5.78 Å². The molecule has 9 heteroatoms. The van der Waals surface area contributed by atoms with Crippen LogP contribution in [0.25, 0.3) is 0 Å². The first kappa shape index (κ1) is 25.1. The maximum atomic E-state index is 14.5. The molecule has 0 unspecified atom stereocenters. The van der Waals surface area contributed by atoms with Crippen molar-refractivity contribution < 1.29 is 23.2 Å². The van der Waals surface area contributed by atoms with E-state index in [-0.39, 0.29) is 30.7 Å². The highest BCUT2D eigenvalue weighted by atomic mass is 19.1. The van der Waals surface area contributed by atoms with Crippen LogP contribution >= 0.6 is 0 Å². The second-order valence-electron chi connectivity index (χ2n) is 8.72. The number of para-hydroxylation sites is 1. The van der Waals surface area contributed by atoms with E-state index < -0.39 is 5.82 Å². The van der Waals surface area contributed by atoms with E-state index in [4.69, 9.17) is 4.42 Å². The highest BCUT2D eigenvalue weighted by molar-refractivity contribution is 6.05. The summed E-state index contributed by atoms with van der Waals surface area (Å²) >= 11 is 0. The lowest BCUT2D eigenvalue weighted by Crippen LogP contribution is -2.50. The number of carbonyl (C=O) groups is 3. The number of hydrogen-bond donors (Lipinski definition) is 1. The van der Waals surface area contributed by atoms with Crippen molar-refractivity contribution in [3.63, 3.8) is 0 Å². The van der Waals surface area contributed by atoms with E-state index in [1.807, 2.05) is 9.80 Å². The first-order chi connectivity index (χ1) is 17.3. The van der Waals surface area contributed by atoms with Gasteiger partial charge in [-0.25, -0.2) is 4.39 Å². The summed E-state index contributed by atoms with van der Waals surface area (Å²) in [4.78, 5) is 42.8. The summed E-state index contributed by atoms with van der Waals surface area (Å²) in [6.07, 6.45) is 1.54. The maximum Gasteiger partial charge on any atom is 0.253 e. The molecule has 1 aliphatic heterocycles. The van der Waals surface area contributed by atoms with Crippen LogP contribution in [-0.2, 0) is 11.3 Å². The van der Waals surface area contributed by atoms with Crippen molar-refractivity contribution in [2.24, 2.45) is 0 Å². The Labute approximate surface area is 209 Å². The molecule has 3 aromatic rings. The molecule has 1 N–H and O–H groups in total. The minimum absolute atomic E-state index is 0.147. The van der Waals surface area contributed by atoms with Gasteiger partial charge in [-0.15, -0.1) is 0 Å². The van der Waals surface area contributed by atoms with Crippen molar-refractivity contribution in [2.45, 2.75) is 13.5 Å². The van der Waals surface area contributed by atoms with Crippen LogP contribution in [0.3, 0.4) is 0 Å². The summed E-state index contributed by atoms with van der Waals surface area (Å²) in [5.41, 5.74) is 1.72. The average Bonchev–Trinajstić information content (AvgIpc) is 3.41. The van der Waals surface area contributed by atoms with Gasteiger partial charge in [-0.3, -0.25) is 19.3 Å². The van der Waals surface area contributed by atoms with Crippen LogP contribution in [0.1, 0.15) is 33.4 Å². The summed E-state index contributed by atoms with van der Waals surface area (Å²) in [6, 6.07) is 15.0. The van der Waals surface area contributed by atoms with Gasteiger partial charge in [-0.1, -0.05) is 12.1 Å². The molecule has 0 aliphatic carbocycles. The number of nitrogens with one attached hydrogen (secondary N) is 1. The molecule has 0 saturated carbocycles. The molecule has 1 fully saturated rings. The van der Waals surface area contributed by atoms with Crippen molar-refractivity contribution >= 4 is 29.0 Å². The van der Waals surface area contributed by atoms with Gasteiger partial charge in [0.05, 0.1) is 36.3 Å². The minimum Gasteiger partial charge on any atom is -0.467 e. The van der Waals surface area contributed by atoms with Gasteiger partial charge in [-0.05, 0) is 49.4 Å². The highest BCUT2D eigenvalue weighted by Crippen LogP contribution is 2.23. The number of hydrogen-bond acceptors (Lipinski definition) is 6. The third kappa shape index (κ3) is 5.80. The molecule has 8 nitrogen and oxygen atoms in total. The molecule has 4 rings (SSSR count). The van der Waals surface area contributed by atoms with Crippen LogP contribution in [-0.4, -0.2) is 62.3 Å². The first-order valence-electron chi connectivity index (χ1n) is 11.8. The van der Waals surface area contributed by atoms with Crippen molar-refractivity contribution in [1.29, 1.82) is 0 Å². The van der Waals surface area contributed by atoms with Gasteiger partial charge >= 0.3 is 0 Å². The summed E-state index contributed by atoms with van der Waals surface area (Å²) in [5.74, 6) is -0.405. The molecule has 0 atom stereocenters. The second kappa shape index (κ2) is 11.2. The molecular formula is C27H29FN4O4. The Kier molecular flexibility index (Phi) is 7.80. The molecule has 0 bridgehead atoms. The van der Waals surface area contributed by atoms with Crippen molar-refractivity contribution in [1.82, 2.24) is 10.2 Å². The molecule has 1 saturated heterocycles. The molecule has 188 valence electrons. The molecule has 1 aliphatic rings. The summed E-state index contributed by atoms with van der Waals surface area (Å²) in [6.45, 7) is 4.11. The summed E-state index contributed by atoms with van der Waals surface area (Å²) in [7, 11) is 1.66. The molecule has 2 heterocycles. The highest BCUT2D eigenvalue weighted by Gasteiger charge is 2.24. The maximum absolute atomic E-state index is 14.5. The monoisotopic (exact) mass is 492 g/mol. The van der Waals surface area contributed by atoms with Gasteiger partial charge in [0.2, 0.25) is 5.91 Å². The third-order valence-corrected chi connectivity index (χ3v) is 6.31. The predicted octanol–water partition coefficient (Wildman–Crippen LogP) is 3.34. The number of Topliss-reactive ketones (excluding diaryl/α,β-unsaturated/α-hetero) is 1. The fourth-order valence-electron chi connectivity index (χ4n) is 4.19. The minimum atomic E-state index is -0.422. The number of rotatable bonds is 8. The number of piperazine rings is 1. The zero-order valence-electron chi connectivity index (χ0n) is 20.4. The van der Waals surface area contributed by atoms with E-state index in [9.17, 15) is 18.8 Å². The summed E-state index contributed by atoms with van der Waals surface area (Å²) in [5, 5.41) is 2.82. The Balaban J connectivity index is 1.34. The lowest BCUT2D eigenvalue weighted by molar-refractivity contribution is -0.119. The Morgan fingerprint density at radius 1 is 1.03 bits per heavy atom. The van der Waals surface area contributed by atoms with Gasteiger partial charge in [0.25, 0.3) is 5.91 Å². The fraction of sp³-hybridized carbons (Fsp3) is 0.296. The van der Waals surface area contributed by atoms with Crippen molar-refractivity contribution in [3.05, 3.63) is 83.6 Å². The number of furan rings is 1. The zero-order chi connectivity index (χ0) is 25.7. The Hall–Kier alpha value is -3.98. The number of nitrogens with zero attached hydrogens (tertiary/aromatic N) is 3. The van der Waals surface area contributed by atoms with E-state index in [2.05, 4.69) is 5.32 Å². The van der Waals surface area contributed by atoms with E-state index in [1.54, 1.807) is 61.8 Å². The SMILES string of the molecule is CC(=O)c1ccc(N2CCN(CC(=O)N(C)c3ccccc3C(=O)NCc3ccco3)CC2)c(F)c1. The van der Waals surface area contributed by atoms with Crippen LogP contribution in [0.5, 0.6) is 0 Å². The zero-order valence-corrected chi connectivity index (χ0v) is 20.4. The van der Waals surface area contributed by atoms with Crippen LogP contribution < -0.4 is 15.1 Å². The number of anilines is 2. The van der Waals surface area contributed by atoms with Crippen LogP contribution in [0, 0.1) is 5.82 Å². The van der Waals surface area contributed by atoms with Crippen LogP contribution in [0.15, 0.2) is 65.3 Å². The van der Waals surface area contributed by atoms with Gasteiger partial charge in [0.1, 0.15) is 11.6 Å². The van der Waals surface area contributed by atoms with Gasteiger partial charge in [0, 0.05) is 38.8 Å². The largest absolute Gasteiger partial charge is 0.467 e. The van der Waals surface area contributed by atoms with Crippen molar-refractivity contribution in [2.75, 3.05) is 49.6 Å². The normalized spacial score (nSPS) is 13.9. The van der Waals surface area contributed by atoms with Gasteiger partial charge in [-0.2, -0.15) is 0 Å². The molecule has 2 amide bonds. The van der Waals surface area contributed by atoms with Crippen LogP contribution in [0.4, 0.5) is 15.8 Å². The van der Waals surface area contributed by atoms with E-state index >= 15 is 0 Å². The smallest absolute Gasteiger partial charge is 0.253 e. The molecule has 2 aromatic carbocycles. The lowest BCUT2D eigenvalue weighted by atomic mass is 10.1. The molecule has 0 spiro atoms. The number of carbonyl (C=O) groups excluding carboxylic acids is 3. The standard InChI is InChI=1S/C27H29FN4O4/c1-19(33)20-9-10-25(23(28)16-20)32-13-11-31(12-14-32)18-26(34)30(2)24-8-4-3-7-22(24)27(35)29-17-21-6-5-15-36-21/h3-10,15-16H,11-14,17-18H2,1-2H3,(H,29,35). The number of likely N-dealkylation sites (N-methyl/N-ethyl adjacent to an activating group) is 1. The molecule has 36 heavy (non-hydrogen) atoms. The Bertz CT molecular complexity index is 1240. The molecular weight excluding hydrogens is 463 g/mol. The third-order valence-electron chi connectivity index (χ3n) is 6.31. The Morgan fingerprint density at radius 2 is 1.78 bits per heavy atom. The fourth-order valence-corrected chi connectivity index (χ4v) is 4.19. The first-order valence-corrected chi connectivity index (χ1v) is 11.8. The Morgan fingerprint density at radius 3 is 2.44 bits per heavy atom. The number of ketones is 1. The number of halogens is 1. The summed E-state index contributed by atoms with van der Waals surface area (Å²) < 4.78 is 19.8. The topological polar surface area (TPSA) is 86.1 Å². The predicted molar refractivity (Wildman–Crippen MR) is 135 cm³/mol. The van der Waals surface area contributed by atoms with Crippen molar-refractivity contribution in [3.8, 4) is 0 Å². The van der Waals surface area contributed by atoms with E-state index in [1.165, 1.54) is 17.9 Å². The number of amides is 2. The van der Waals surface area contributed by atoms with E-state index in [0.717, 1.165) is 0 Å². The molecule has 0 radical (unpaired) electrons. The second-order valence-corrected chi connectivity index (χ2v) is 8.72. The number of benzene rings is 2. The van der Waals surface area contributed by atoms with E-state index in [0.29, 0.717) is 54.4 Å². The quantitative estimate of drug-likeness (QED) is 0.486. The average molecular weight is 493 g/mol. The van der Waals surface area contributed by atoms with Gasteiger partial charge < -0.3 is 19.5 Å². The van der Waals surface area contributed by atoms with Crippen LogP contribution in [0.2, 0.25) is 0 Å². The lowest BCUT2D eigenvalue weighted by Gasteiger charge is -2.36.